The average molecular weight is 336 g/mol. The molecule has 1 aromatic rings. The largest absolute Gasteiger partial charge is 0.468 e. The van der Waals surface area contributed by atoms with Crippen molar-refractivity contribution >= 4 is 32.9 Å². The van der Waals surface area contributed by atoms with Gasteiger partial charge in [0.05, 0.1) is 18.1 Å². The summed E-state index contributed by atoms with van der Waals surface area (Å²) in [7, 11) is -0.386. The number of hydrogen-bond acceptors (Lipinski definition) is 4. The Morgan fingerprint density at radius 2 is 2.00 bits per heavy atom. The lowest BCUT2D eigenvalue weighted by atomic mass is 10.2. The number of carbonyl (C=O) groups excluding carboxylic acids is 1. The molecule has 0 amide bonds. The van der Waals surface area contributed by atoms with Gasteiger partial charge in [0.15, 0.2) is 0 Å². The van der Waals surface area contributed by atoms with Crippen LogP contribution in [0.2, 0.25) is 0 Å². The Balaban J connectivity index is 2.78. The zero-order valence-electron chi connectivity index (χ0n) is 9.92. The van der Waals surface area contributed by atoms with Crippen LogP contribution in [0.25, 0.3) is 0 Å². The van der Waals surface area contributed by atoms with Crippen molar-refractivity contribution in [1.29, 1.82) is 0 Å². The first kappa shape index (κ1) is 15.3. The van der Waals surface area contributed by atoms with E-state index in [2.05, 4.69) is 25.4 Å². The molecule has 0 aliphatic heterocycles. The molecule has 0 aliphatic carbocycles. The number of ether oxygens (including phenoxy) is 1. The molecular weight excluding hydrogens is 322 g/mol. The number of aliphatic hydroxyl groups is 1. The maximum atomic E-state index is 12.0. The Bertz CT molecular complexity index is 435. The van der Waals surface area contributed by atoms with Gasteiger partial charge < -0.3 is 9.84 Å². The predicted molar refractivity (Wildman–Crippen MR) is 71.2 cm³/mol. The fourth-order valence-corrected chi connectivity index (χ4v) is 2.52. The molecular formula is C11H14BrNO4S. The van der Waals surface area contributed by atoms with Crippen molar-refractivity contribution in [2.75, 3.05) is 7.11 Å². The van der Waals surface area contributed by atoms with Gasteiger partial charge in [0.1, 0.15) is 17.0 Å². The van der Waals surface area contributed by atoms with E-state index in [-0.39, 0.29) is 0 Å². The highest BCUT2D eigenvalue weighted by molar-refractivity contribution is 9.10. The summed E-state index contributed by atoms with van der Waals surface area (Å²) in [5.74, 6) is -0.657. The van der Waals surface area contributed by atoms with Crippen molar-refractivity contribution in [3.8, 4) is 0 Å². The molecule has 0 fully saturated rings. The molecule has 1 aromatic carbocycles. The molecule has 0 radical (unpaired) electrons. The van der Waals surface area contributed by atoms with Gasteiger partial charge in [-0.25, -0.2) is 8.93 Å². The second-order valence-electron chi connectivity index (χ2n) is 3.58. The number of benzene rings is 1. The molecule has 0 saturated heterocycles. The lowest BCUT2D eigenvalue weighted by molar-refractivity contribution is -0.145. The third kappa shape index (κ3) is 4.16. The van der Waals surface area contributed by atoms with Crippen LogP contribution in [-0.2, 0) is 20.5 Å². The van der Waals surface area contributed by atoms with E-state index in [0.717, 1.165) is 4.47 Å². The van der Waals surface area contributed by atoms with Crippen molar-refractivity contribution in [2.24, 2.45) is 0 Å². The Morgan fingerprint density at radius 1 is 1.44 bits per heavy atom. The third-order valence-corrected chi connectivity index (χ3v) is 3.90. The highest BCUT2D eigenvalue weighted by Crippen LogP contribution is 2.13. The van der Waals surface area contributed by atoms with E-state index in [1.165, 1.54) is 14.0 Å². The van der Waals surface area contributed by atoms with Crippen LogP contribution < -0.4 is 4.72 Å². The van der Waals surface area contributed by atoms with Gasteiger partial charge in [0.25, 0.3) is 0 Å². The van der Waals surface area contributed by atoms with E-state index >= 15 is 0 Å². The lowest BCUT2D eigenvalue weighted by Crippen LogP contribution is -2.46. The van der Waals surface area contributed by atoms with Crippen molar-refractivity contribution in [1.82, 2.24) is 4.72 Å². The Kier molecular flexibility index (Phi) is 5.94. The summed E-state index contributed by atoms with van der Waals surface area (Å²) in [6.07, 6.45) is -1.00. The van der Waals surface area contributed by atoms with Crippen LogP contribution >= 0.6 is 15.9 Å². The third-order valence-electron chi connectivity index (χ3n) is 2.20. The number of hydrogen-bond donors (Lipinski definition) is 2. The van der Waals surface area contributed by atoms with Gasteiger partial charge in [0, 0.05) is 4.47 Å². The summed E-state index contributed by atoms with van der Waals surface area (Å²) >= 11 is 3.27. The van der Waals surface area contributed by atoms with Gasteiger partial charge in [-0.1, -0.05) is 15.9 Å². The monoisotopic (exact) mass is 335 g/mol. The highest BCUT2D eigenvalue weighted by Gasteiger charge is 2.26. The second kappa shape index (κ2) is 6.98. The molecule has 2 N–H and O–H groups in total. The molecule has 0 aromatic heterocycles. The molecule has 3 atom stereocenters. The number of aliphatic hydroxyl groups excluding tert-OH is 1. The first-order chi connectivity index (χ1) is 8.45. The van der Waals surface area contributed by atoms with Gasteiger partial charge in [-0.2, -0.15) is 0 Å². The van der Waals surface area contributed by atoms with E-state index < -0.39 is 29.1 Å². The molecule has 18 heavy (non-hydrogen) atoms. The van der Waals surface area contributed by atoms with Crippen LogP contribution in [0, 0.1) is 0 Å². The second-order valence-corrected chi connectivity index (χ2v) is 5.74. The summed E-state index contributed by atoms with van der Waals surface area (Å²) in [5, 5.41) is 9.45. The van der Waals surface area contributed by atoms with E-state index in [0.29, 0.717) is 4.90 Å². The number of esters is 1. The maximum absolute atomic E-state index is 12.0. The minimum atomic E-state index is -1.60. The standard InChI is InChI=1S/C11H14BrNO4S/c1-7(14)10(11(15)17-2)13-18(16)9-5-3-8(12)4-6-9/h3-7,10,13-14H,1-2H3/t7-,10+,18?/m1/s1. The number of rotatable bonds is 5. The van der Waals surface area contributed by atoms with E-state index in [9.17, 15) is 14.1 Å². The fourth-order valence-electron chi connectivity index (χ4n) is 1.21. The summed E-state index contributed by atoms with van der Waals surface area (Å²) < 4.78 is 19.9. The van der Waals surface area contributed by atoms with E-state index in [1.54, 1.807) is 24.3 Å². The number of carbonyl (C=O) groups is 1. The minimum Gasteiger partial charge on any atom is -0.468 e. The molecule has 0 saturated carbocycles. The first-order valence-electron chi connectivity index (χ1n) is 5.15. The highest BCUT2D eigenvalue weighted by atomic mass is 79.9. The van der Waals surface area contributed by atoms with Crippen LogP contribution in [-0.4, -0.2) is 34.5 Å². The van der Waals surface area contributed by atoms with Crippen molar-refractivity contribution < 1.29 is 18.8 Å². The quantitative estimate of drug-likeness (QED) is 0.786. The Labute approximate surface area is 116 Å². The number of halogens is 1. The van der Waals surface area contributed by atoms with Gasteiger partial charge >= 0.3 is 5.97 Å². The van der Waals surface area contributed by atoms with Crippen molar-refractivity contribution in [3.05, 3.63) is 28.7 Å². The number of methoxy groups -OCH3 is 1. The first-order valence-corrected chi connectivity index (χ1v) is 7.09. The normalized spacial score (nSPS) is 15.8. The molecule has 0 spiro atoms. The van der Waals surface area contributed by atoms with Crippen LogP contribution in [0.3, 0.4) is 0 Å². The van der Waals surface area contributed by atoms with Gasteiger partial charge in [-0.3, -0.25) is 4.79 Å². The molecule has 1 unspecified atom stereocenters. The molecule has 100 valence electrons. The fraction of sp³-hybridized carbons (Fsp3) is 0.364. The summed E-state index contributed by atoms with van der Waals surface area (Å²) in [6.45, 7) is 1.42. The number of nitrogens with one attached hydrogen (secondary N) is 1. The van der Waals surface area contributed by atoms with Crippen molar-refractivity contribution in [3.63, 3.8) is 0 Å². The van der Waals surface area contributed by atoms with Crippen LogP contribution in [0.5, 0.6) is 0 Å². The zero-order valence-corrected chi connectivity index (χ0v) is 12.3. The molecule has 0 aliphatic rings. The smallest absolute Gasteiger partial charge is 0.326 e. The van der Waals surface area contributed by atoms with E-state index in [4.69, 9.17) is 0 Å². The predicted octanol–water partition coefficient (Wildman–Crippen LogP) is 0.984. The van der Waals surface area contributed by atoms with E-state index in [1.807, 2.05) is 0 Å². The molecule has 0 heterocycles. The minimum absolute atomic E-state index is 0.507. The van der Waals surface area contributed by atoms with Gasteiger partial charge in [-0.05, 0) is 31.2 Å². The summed E-state index contributed by atoms with van der Waals surface area (Å²) in [5.41, 5.74) is 0. The molecule has 1 rings (SSSR count). The topological polar surface area (TPSA) is 75.6 Å². The SMILES string of the molecule is COC(=O)[C@@H](NS(=O)c1ccc(Br)cc1)[C@@H](C)O. The molecule has 0 bridgehead atoms. The summed E-state index contributed by atoms with van der Waals surface area (Å²) in [4.78, 5) is 11.9. The maximum Gasteiger partial charge on any atom is 0.326 e. The Morgan fingerprint density at radius 3 is 2.44 bits per heavy atom. The summed E-state index contributed by atoms with van der Waals surface area (Å²) in [6, 6.07) is 5.77. The lowest BCUT2D eigenvalue weighted by Gasteiger charge is -2.18. The van der Waals surface area contributed by atoms with Crippen molar-refractivity contribution in [2.45, 2.75) is 24.0 Å². The Hall–Kier alpha value is -0.760. The zero-order chi connectivity index (χ0) is 13.7. The molecule has 5 nitrogen and oxygen atoms in total. The average Bonchev–Trinajstić information content (AvgIpc) is 2.35. The van der Waals surface area contributed by atoms with Crippen LogP contribution in [0.4, 0.5) is 0 Å². The van der Waals surface area contributed by atoms with Crippen LogP contribution in [0.1, 0.15) is 6.92 Å². The van der Waals surface area contributed by atoms with Gasteiger partial charge in [0.2, 0.25) is 0 Å². The molecule has 7 heteroatoms. The van der Waals surface area contributed by atoms with Gasteiger partial charge in [-0.15, -0.1) is 0 Å². The van der Waals surface area contributed by atoms with Crippen LogP contribution in [0.15, 0.2) is 33.6 Å².